The van der Waals surface area contributed by atoms with Crippen LogP contribution in [0.1, 0.15) is 23.6 Å². The van der Waals surface area contributed by atoms with Gasteiger partial charge in [0.1, 0.15) is 6.04 Å². The van der Waals surface area contributed by atoms with Gasteiger partial charge >= 0.3 is 17.1 Å². The molecule has 0 aliphatic heterocycles. The zero-order chi connectivity index (χ0) is 16.4. The number of ether oxygens (including phenoxy) is 1. The van der Waals surface area contributed by atoms with E-state index in [2.05, 4.69) is 9.97 Å². The van der Waals surface area contributed by atoms with Crippen LogP contribution in [0.5, 0.6) is 0 Å². The molecular formula is C15H19N3O4. The Balaban J connectivity index is 2.58. The molecule has 0 radical (unpaired) electrons. The van der Waals surface area contributed by atoms with Crippen molar-refractivity contribution in [2.75, 3.05) is 6.61 Å². The first-order valence-corrected chi connectivity index (χ1v) is 7.02. The third-order valence-corrected chi connectivity index (χ3v) is 3.68. The fourth-order valence-corrected chi connectivity index (χ4v) is 2.38. The third-order valence-electron chi connectivity index (χ3n) is 3.68. The highest BCUT2D eigenvalue weighted by Crippen LogP contribution is 2.22. The maximum absolute atomic E-state index is 11.7. The molecule has 2 aromatic rings. The summed E-state index contributed by atoms with van der Waals surface area (Å²) in [6.45, 7) is 5.73. The van der Waals surface area contributed by atoms with E-state index in [9.17, 15) is 14.4 Å². The summed E-state index contributed by atoms with van der Waals surface area (Å²) in [7, 11) is 0. The molecule has 1 aromatic carbocycles. The molecule has 0 fully saturated rings. The lowest BCUT2D eigenvalue weighted by molar-refractivity contribution is -0.144. The first kappa shape index (κ1) is 16.0. The summed E-state index contributed by atoms with van der Waals surface area (Å²) < 4.78 is 4.91. The number of carbonyl (C=O) groups is 1. The first-order valence-electron chi connectivity index (χ1n) is 7.02. The van der Waals surface area contributed by atoms with Crippen LogP contribution in [0.25, 0.3) is 11.0 Å². The monoisotopic (exact) mass is 305 g/mol. The highest BCUT2D eigenvalue weighted by molar-refractivity contribution is 5.82. The van der Waals surface area contributed by atoms with Crippen LogP contribution in [0.2, 0.25) is 0 Å². The number of carbonyl (C=O) groups excluding carboxylic acids is 1. The van der Waals surface area contributed by atoms with Crippen molar-refractivity contribution in [3.05, 3.63) is 43.5 Å². The van der Waals surface area contributed by atoms with Crippen molar-refractivity contribution in [2.45, 2.75) is 33.2 Å². The van der Waals surface area contributed by atoms with Gasteiger partial charge in [0.2, 0.25) is 0 Å². The molecule has 2 rings (SSSR count). The van der Waals surface area contributed by atoms with E-state index in [0.717, 1.165) is 16.7 Å². The highest BCUT2D eigenvalue weighted by atomic mass is 16.5. The van der Waals surface area contributed by atoms with E-state index in [1.807, 2.05) is 13.8 Å². The SMILES string of the molecule is CCOC(=O)C(N)Cc1c(C)c(C)cc2[nH]c(=O)c(=O)[nH]c12. The van der Waals surface area contributed by atoms with E-state index in [1.54, 1.807) is 13.0 Å². The van der Waals surface area contributed by atoms with Gasteiger partial charge in [-0.1, -0.05) is 0 Å². The molecule has 0 bridgehead atoms. The fraction of sp³-hybridized carbons (Fsp3) is 0.400. The molecule has 118 valence electrons. The van der Waals surface area contributed by atoms with Gasteiger partial charge in [-0.2, -0.15) is 0 Å². The molecule has 0 saturated carbocycles. The number of nitrogens with two attached hydrogens (primary N) is 1. The Morgan fingerprint density at radius 3 is 2.55 bits per heavy atom. The molecule has 0 spiro atoms. The van der Waals surface area contributed by atoms with Crippen LogP contribution in [0.15, 0.2) is 15.7 Å². The van der Waals surface area contributed by atoms with E-state index in [-0.39, 0.29) is 13.0 Å². The molecule has 1 heterocycles. The highest BCUT2D eigenvalue weighted by Gasteiger charge is 2.19. The Bertz CT molecular complexity index is 835. The molecular weight excluding hydrogens is 286 g/mol. The molecule has 7 heteroatoms. The molecule has 0 aliphatic carbocycles. The number of hydrogen-bond acceptors (Lipinski definition) is 5. The van der Waals surface area contributed by atoms with Crippen LogP contribution in [0, 0.1) is 13.8 Å². The van der Waals surface area contributed by atoms with Crippen molar-refractivity contribution in [3.8, 4) is 0 Å². The molecule has 1 aromatic heterocycles. The summed E-state index contributed by atoms with van der Waals surface area (Å²) in [5.41, 5.74) is 8.00. The second-order valence-electron chi connectivity index (χ2n) is 5.19. The van der Waals surface area contributed by atoms with Gasteiger partial charge in [0.25, 0.3) is 0 Å². The smallest absolute Gasteiger partial charge is 0.323 e. The van der Waals surface area contributed by atoms with Gasteiger partial charge in [-0.3, -0.25) is 14.4 Å². The Morgan fingerprint density at radius 1 is 1.27 bits per heavy atom. The molecule has 7 nitrogen and oxygen atoms in total. The zero-order valence-corrected chi connectivity index (χ0v) is 12.8. The topological polar surface area (TPSA) is 118 Å². The number of H-pyrrole nitrogens is 2. The molecule has 0 saturated heterocycles. The Morgan fingerprint density at radius 2 is 1.91 bits per heavy atom. The number of aryl methyl sites for hydroxylation is 1. The predicted molar refractivity (Wildman–Crippen MR) is 83.0 cm³/mol. The summed E-state index contributed by atoms with van der Waals surface area (Å²) in [5.74, 6) is -0.497. The number of rotatable bonds is 4. The van der Waals surface area contributed by atoms with Crippen molar-refractivity contribution in [3.63, 3.8) is 0 Å². The van der Waals surface area contributed by atoms with Crippen LogP contribution < -0.4 is 16.9 Å². The summed E-state index contributed by atoms with van der Waals surface area (Å²) in [4.78, 5) is 39.9. The summed E-state index contributed by atoms with van der Waals surface area (Å²) in [5, 5.41) is 0. The quantitative estimate of drug-likeness (QED) is 0.553. The predicted octanol–water partition coefficient (Wildman–Crippen LogP) is 0.266. The van der Waals surface area contributed by atoms with Gasteiger partial charge in [0.15, 0.2) is 0 Å². The minimum absolute atomic E-state index is 0.213. The zero-order valence-electron chi connectivity index (χ0n) is 12.8. The van der Waals surface area contributed by atoms with E-state index in [1.165, 1.54) is 0 Å². The molecule has 22 heavy (non-hydrogen) atoms. The van der Waals surface area contributed by atoms with Gasteiger partial charge < -0.3 is 20.4 Å². The number of hydrogen-bond donors (Lipinski definition) is 3. The lowest BCUT2D eigenvalue weighted by atomic mass is 9.96. The number of aromatic nitrogens is 2. The minimum Gasteiger partial charge on any atom is -0.465 e. The Kier molecular flexibility index (Phi) is 4.46. The fourth-order valence-electron chi connectivity index (χ4n) is 2.38. The van der Waals surface area contributed by atoms with E-state index >= 15 is 0 Å². The summed E-state index contributed by atoms with van der Waals surface area (Å²) in [6, 6.07) is 0.945. The third kappa shape index (κ3) is 2.94. The van der Waals surface area contributed by atoms with Gasteiger partial charge in [0.05, 0.1) is 17.6 Å². The maximum atomic E-state index is 11.7. The number of fused-ring (bicyclic) bond motifs is 1. The average Bonchev–Trinajstić information content (AvgIpc) is 2.46. The van der Waals surface area contributed by atoms with Crippen molar-refractivity contribution in [2.24, 2.45) is 5.73 Å². The van der Waals surface area contributed by atoms with Crippen LogP contribution in [0.3, 0.4) is 0 Å². The minimum atomic E-state index is -0.834. The van der Waals surface area contributed by atoms with Gasteiger partial charge in [-0.15, -0.1) is 0 Å². The molecule has 1 unspecified atom stereocenters. The van der Waals surface area contributed by atoms with Crippen molar-refractivity contribution >= 4 is 17.0 Å². The van der Waals surface area contributed by atoms with Crippen molar-refractivity contribution in [1.82, 2.24) is 9.97 Å². The maximum Gasteiger partial charge on any atom is 0.323 e. The first-order chi connectivity index (χ1) is 10.3. The van der Waals surface area contributed by atoms with Crippen molar-refractivity contribution < 1.29 is 9.53 Å². The molecule has 1 atom stereocenters. The van der Waals surface area contributed by atoms with Crippen molar-refractivity contribution in [1.29, 1.82) is 0 Å². The molecule has 0 amide bonds. The van der Waals surface area contributed by atoms with Crippen LogP contribution in [-0.2, 0) is 16.0 Å². The lowest BCUT2D eigenvalue weighted by Crippen LogP contribution is -2.35. The Labute approximate surface area is 126 Å². The average molecular weight is 305 g/mol. The summed E-state index contributed by atoms with van der Waals surface area (Å²) >= 11 is 0. The van der Waals surface area contributed by atoms with E-state index in [0.29, 0.717) is 11.0 Å². The van der Waals surface area contributed by atoms with Gasteiger partial charge in [0, 0.05) is 6.42 Å². The van der Waals surface area contributed by atoms with Crippen LogP contribution in [-0.4, -0.2) is 28.6 Å². The lowest BCUT2D eigenvalue weighted by Gasteiger charge is -2.16. The van der Waals surface area contributed by atoms with E-state index < -0.39 is 23.1 Å². The van der Waals surface area contributed by atoms with Gasteiger partial charge in [-0.25, -0.2) is 0 Å². The standard InChI is InChI=1S/C15H19N3O4/c1-4-22-15(21)10(16)6-9-8(3)7(2)5-11-12(9)18-14(20)13(19)17-11/h5,10H,4,6,16H2,1-3H3,(H,17,19)(H,18,20). The largest absolute Gasteiger partial charge is 0.465 e. The number of benzene rings is 1. The second-order valence-corrected chi connectivity index (χ2v) is 5.19. The number of esters is 1. The molecule has 0 aliphatic rings. The number of aromatic amines is 2. The Hall–Kier alpha value is -2.41. The second kappa shape index (κ2) is 6.15. The molecule has 4 N–H and O–H groups in total. The van der Waals surface area contributed by atoms with Crippen LogP contribution in [0.4, 0.5) is 0 Å². The number of nitrogens with one attached hydrogen (secondary N) is 2. The van der Waals surface area contributed by atoms with Gasteiger partial charge in [-0.05, 0) is 43.5 Å². The van der Waals surface area contributed by atoms with E-state index in [4.69, 9.17) is 10.5 Å². The summed E-state index contributed by atoms with van der Waals surface area (Å²) in [6.07, 6.45) is 0.213. The van der Waals surface area contributed by atoms with Crippen LogP contribution >= 0.6 is 0 Å². The normalized spacial score (nSPS) is 12.4.